The molecule has 0 amide bonds. The summed E-state index contributed by atoms with van der Waals surface area (Å²) in [6, 6.07) is 6.15. The highest BCUT2D eigenvalue weighted by Gasteiger charge is 2.33. The van der Waals surface area contributed by atoms with Crippen molar-refractivity contribution in [2.24, 2.45) is 4.99 Å². The lowest BCUT2D eigenvalue weighted by atomic mass is 9.79. The summed E-state index contributed by atoms with van der Waals surface area (Å²) in [5, 5.41) is 0. The number of aliphatic imine (C=N–C) groups is 1. The first-order chi connectivity index (χ1) is 8.43. The molecule has 1 aliphatic rings. The first-order valence-corrected chi connectivity index (χ1v) is 6.24. The summed E-state index contributed by atoms with van der Waals surface area (Å²) in [6.45, 7) is 8.31. The van der Waals surface area contributed by atoms with Crippen LogP contribution in [0.1, 0.15) is 38.8 Å². The molecule has 1 heterocycles. The second-order valence-corrected chi connectivity index (χ2v) is 5.22. The summed E-state index contributed by atoms with van der Waals surface area (Å²) in [5.74, 6) is -0.228. The molecule has 3 nitrogen and oxygen atoms in total. The van der Waals surface area contributed by atoms with Gasteiger partial charge in [-0.25, -0.2) is 0 Å². The molecule has 0 unspecified atom stereocenters. The molecule has 1 aromatic rings. The Balaban J connectivity index is 2.26. The van der Waals surface area contributed by atoms with E-state index >= 15 is 0 Å². The molecule has 1 aromatic carbocycles. The van der Waals surface area contributed by atoms with Gasteiger partial charge in [0.15, 0.2) is 0 Å². The van der Waals surface area contributed by atoms with Gasteiger partial charge in [-0.05, 0) is 24.1 Å². The highest BCUT2D eigenvalue weighted by molar-refractivity contribution is 6.00. The Morgan fingerprint density at radius 2 is 2.11 bits per heavy atom. The number of esters is 1. The van der Waals surface area contributed by atoms with Crippen LogP contribution in [0.5, 0.6) is 0 Å². The lowest BCUT2D eigenvalue weighted by Gasteiger charge is -2.23. The van der Waals surface area contributed by atoms with Crippen molar-refractivity contribution in [2.75, 3.05) is 6.61 Å². The number of hydrogen-bond donors (Lipinski definition) is 0. The molecule has 96 valence electrons. The van der Waals surface area contributed by atoms with Crippen LogP contribution in [0.15, 0.2) is 23.2 Å². The third-order valence-electron chi connectivity index (χ3n) is 3.62. The molecule has 0 bridgehead atoms. The zero-order valence-corrected chi connectivity index (χ0v) is 11.4. The lowest BCUT2D eigenvalue weighted by Crippen LogP contribution is -2.24. The predicted molar refractivity (Wildman–Crippen MR) is 72.6 cm³/mol. The summed E-state index contributed by atoms with van der Waals surface area (Å²) in [5.41, 5.74) is 4.66. The molecule has 0 fully saturated rings. The maximum absolute atomic E-state index is 10.8. The second-order valence-electron chi connectivity index (χ2n) is 5.22. The summed E-state index contributed by atoms with van der Waals surface area (Å²) in [6.07, 6.45) is 0.745. The Kier molecular flexibility index (Phi) is 3.24. The topological polar surface area (TPSA) is 38.7 Å². The van der Waals surface area contributed by atoms with Crippen LogP contribution in [0.4, 0.5) is 5.69 Å². The molecule has 0 N–H and O–H groups in total. The molecular weight excluding hydrogens is 226 g/mol. The fraction of sp³-hybridized carbons (Fsp3) is 0.467. The van der Waals surface area contributed by atoms with Gasteiger partial charge in [0.05, 0.1) is 12.3 Å². The minimum Gasteiger partial charge on any atom is -0.466 e. The number of nitrogens with zero attached hydrogens (tertiary/aromatic N) is 1. The molecule has 18 heavy (non-hydrogen) atoms. The molecule has 0 atom stereocenters. The molecule has 3 heteroatoms. The van der Waals surface area contributed by atoms with Gasteiger partial charge in [0.25, 0.3) is 0 Å². The lowest BCUT2D eigenvalue weighted by molar-refractivity contribution is -0.140. The van der Waals surface area contributed by atoms with E-state index in [0.29, 0.717) is 6.61 Å². The van der Waals surface area contributed by atoms with E-state index in [1.165, 1.54) is 18.1 Å². The Morgan fingerprint density at radius 1 is 1.39 bits per heavy atom. The van der Waals surface area contributed by atoms with Crippen LogP contribution in [-0.4, -0.2) is 18.3 Å². The summed E-state index contributed by atoms with van der Waals surface area (Å²) < 4.78 is 5.02. The van der Waals surface area contributed by atoms with Crippen molar-refractivity contribution in [2.45, 2.75) is 39.5 Å². The van der Waals surface area contributed by atoms with Crippen molar-refractivity contribution >= 4 is 17.4 Å². The zero-order chi connectivity index (χ0) is 13.3. The first-order valence-electron chi connectivity index (χ1n) is 6.24. The van der Waals surface area contributed by atoms with Gasteiger partial charge in [0.1, 0.15) is 0 Å². The van der Waals surface area contributed by atoms with E-state index in [2.05, 4.69) is 31.8 Å². The van der Waals surface area contributed by atoms with Crippen molar-refractivity contribution in [3.63, 3.8) is 0 Å². The van der Waals surface area contributed by atoms with Crippen molar-refractivity contribution < 1.29 is 9.53 Å². The van der Waals surface area contributed by atoms with Crippen LogP contribution < -0.4 is 0 Å². The molecule has 0 spiro atoms. The van der Waals surface area contributed by atoms with Crippen molar-refractivity contribution in [1.82, 2.24) is 0 Å². The molecule has 1 aliphatic heterocycles. The van der Waals surface area contributed by atoms with Crippen LogP contribution in [0.3, 0.4) is 0 Å². The Morgan fingerprint density at radius 3 is 2.78 bits per heavy atom. The first kappa shape index (κ1) is 12.8. The SMILES string of the molecule is CC(=O)OCCc1cccc2c1C(C)(C)C(C)=N2. The smallest absolute Gasteiger partial charge is 0.302 e. The van der Waals surface area contributed by atoms with E-state index in [-0.39, 0.29) is 11.4 Å². The monoisotopic (exact) mass is 245 g/mol. The van der Waals surface area contributed by atoms with Crippen LogP contribution in [0, 0.1) is 0 Å². The second kappa shape index (κ2) is 4.56. The maximum Gasteiger partial charge on any atom is 0.302 e. The van der Waals surface area contributed by atoms with Gasteiger partial charge in [-0.2, -0.15) is 0 Å². The quantitative estimate of drug-likeness (QED) is 0.767. The maximum atomic E-state index is 10.8. The number of ether oxygens (including phenoxy) is 1. The molecule has 0 aliphatic carbocycles. The summed E-state index contributed by atoms with van der Waals surface area (Å²) in [7, 11) is 0. The third kappa shape index (κ3) is 2.17. The predicted octanol–water partition coefficient (Wildman–Crippen LogP) is 3.18. The Labute approximate surface area is 108 Å². The molecular formula is C15H19NO2. The van der Waals surface area contributed by atoms with E-state index in [1.807, 2.05) is 12.1 Å². The number of carbonyl (C=O) groups is 1. The number of fused-ring (bicyclic) bond motifs is 1. The van der Waals surface area contributed by atoms with Gasteiger partial charge in [-0.1, -0.05) is 26.0 Å². The summed E-state index contributed by atoms with van der Waals surface area (Å²) in [4.78, 5) is 15.4. The Hall–Kier alpha value is -1.64. The molecule has 2 rings (SSSR count). The average Bonchev–Trinajstić information content (AvgIpc) is 2.50. The van der Waals surface area contributed by atoms with Gasteiger partial charge in [0.2, 0.25) is 0 Å². The minimum atomic E-state index is -0.228. The average molecular weight is 245 g/mol. The summed E-state index contributed by atoms with van der Waals surface area (Å²) >= 11 is 0. The number of carbonyl (C=O) groups excluding carboxylic acids is 1. The van der Waals surface area contributed by atoms with E-state index in [0.717, 1.165) is 17.8 Å². The number of hydrogen-bond acceptors (Lipinski definition) is 3. The standard InChI is InChI=1S/C15H19NO2/c1-10-15(3,4)14-12(8-9-18-11(2)17)6-5-7-13(14)16-10/h5-7H,8-9H2,1-4H3. The van der Waals surface area contributed by atoms with Crippen LogP contribution >= 0.6 is 0 Å². The van der Waals surface area contributed by atoms with E-state index in [9.17, 15) is 4.79 Å². The van der Waals surface area contributed by atoms with Crippen LogP contribution in [0.2, 0.25) is 0 Å². The molecule has 0 radical (unpaired) electrons. The number of rotatable bonds is 3. The van der Waals surface area contributed by atoms with E-state index < -0.39 is 0 Å². The van der Waals surface area contributed by atoms with Gasteiger partial charge < -0.3 is 4.74 Å². The Bertz CT molecular complexity index is 515. The fourth-order valence-corrected chi connectivity index (χ4v) is 2.42. The van der Waals surface area contributed by atoms with E-state index in [1.54, 1.807) is 0 Å². The van der Waals surface area contributed by atoms with Crippen LogP contribution in [0.25, 0.3) is 0 Å². The number of benzene rings is 1. The van der Waals surface area contributed by atoms with Gasteiger partial charge in [0, 0.05) is 24.5 Å². The zero-order valence-electron chi connectivity index (χ0n) is 11.4. The molecule has 0 saturated carbocycles. The molecule has 0 aromatic heterocycles. The highest BCUT2D eigenvalue weighted by atomic mass is 16.5. The van der Waals surface area contributed by atoms with Crippen molar-refractivity contribution in [3.05, 3.63) is 29.3 Å². The van der Waals surface area contributed by atoms with Gasteiger partial charge in [-0.15, -0.1) is 0 Å². The fourth-order valence-electron chi connectivity index (χ4n) is 2.42. The third-order valence-corrected chi connectivity index (χ3v) is 3.62. The van der Waals surface area contributed by atoms with Gasteiger partial charge in [-0.3, -0.25) is 9.79 Å². The molecule has 0 saturated heterocycles. The van der Waals surface area contributed by atoms with Crippen molar-refractivity contribution in [1.29, 1.82) is 0 Å². The van der Waals surface area contributed by atoms with E-state index in [4.69, 9.17) is 4.74 Å². The van der Waals surface area contributed by atoms with Gasteiger partial charge >= 0.3 is 5.97 Å². The highest BCUT2D eigenvalue weighted by Crippen LogP contribution is 2.41. The minimum absolute atomic E-state index is 0.0256. The van der Waals surface area contributed by atoms with Crippen LogP contribution in [-0.2, 0) is 21.4 Å². The largest absolute Gasteiger partial charge is 0.466 e. The normalized spacial score (nSPS) is 16.1. The van der Waals surface area contributed by atoms with Crippen molar-refractivity contribution in [3.8, 4) is 0 Å².